The van der Waals surface area contributed by atoms with E-state index in [4.69, 9.17) is 11.6 Å². The van der Waals surface area contributed by atoms with Gasteiger partial charge in [-0.15, -0.1) is 0 Å². The summed E-state index contributed by atoms with van der Waals surface area (Å²) in [7, 11) is 7.21. The zero-order chi connectivity index (χ0) is 17.9. The second-order valence-corrected chi connectivity index (χ2v) is 6.27. The average molecular weight is 357 g/mol. The van der Waals surface area contributed by atoms with Gasteiger partial charge in [0.05, 0.1) is 18.7 Å². The number of aromatic nitrogens is 1. The summed E-state index contributed by atoms with van der Waals surface area (Å²) in [6.07, 6.45) is 6.45. The molecule has 1 rings (SSSR count). The number of aliphatic imine (C=N–C) groups is 1. The van der Waals surface area contributed by atoms with Gasteiger partial charge in [-0.3, -0.25) is 9.79 Å². The van der Waals surface area contributed by atoms with Crippen LogP contribution in [0.15, 0.2) is 17.3 Å². The number of hydrogen-bond donors (Lipinski definition) is 1. The fourth-order valence-corrected chi connectivity index (χ4v) is 2.75. The number of carbonyl (C=O) groups excluding carboxylic acids is 1. The van der Waals surface area contributed by atoms with Crippen LogP contribution in [0.25, 0.3) is 0 Å². The Morgan fingerprint density at radius 3 is 2.67 bits per heavy atom. The van der Waals surface area contributed by atoms with E-state index in [0.717, 1.165) is 55.4 Å². The van der Waals surface area contributed by atoms with E-state index in [0.29, 0.717) is 6.42 Å². The summed E-state index contributed by atoms with van der Waals surface area (Å²) in [5.74, 6) is 0.734. The lowest BCUT2D eigenvalue weighted by Crippen LogP contribution is -2.39. The predicted octanol–water partition coefficient (Wildman–Crippen LogP) is 2.81. The quantitative estimate of drug-likeness (QED) is 0.320. The van der Waals surface area contributed by atoms with E-state index in [9.17, 15) is 4.79 Å². The molecule has 0 saturated heterocycles. The number of halogens is 1. The summed E-state index contributed by atoms with van der Waals surface area (Å²) in [5, 5.41) is 4.11. The highest BCUT2D eigenvalue weighted by molar-refractivity contribution is 6.30. The van der Waals surface area contributed by atoms with Crippen LogP contribution < -0.4 is 5.32 Å². The monoisotopic (exact) mass is 356 g/mol. The van der Waals surface area contributed by atoms with Crippen molar-refractivity contribution in [1.29, 1.82) is 0 Å². The van der Waals surface area contributed by atoms with Crippen LogP contribution >= 0.6 is 11.6 Å². The molecule has 0 radical (unpaired) electrons. The Hall–Kier alpha value is -1.69. The molecule has 7 heteroatoms. The summed E-state index contributed by atoms with van der Waals surface area (Å²) < 4.78 is 6.65. The van der Waals surface area contributed by atoms with Gasteiger partial charge >= 0.3 is 5.97 Å². The molecule has 1 aromatic rings. The Kier molecular flexibility index (Phi) is 9.30. The third-order valence-corrected chi connectivity index (χ3v) is 4.07. The van der Waals surface area contributed by atoms with E-state index < -0.39 is 0 Å². The molecule has 24 heavy (non-hydrogen) atoms. The van der Waals surface area contributed by atoms with Crippen molar-refractivity contribution in [2.75, 3.05) is 27.7 Å². The maximum atomic E-state index is 11.0. The molecule has 0 aliphatic rings. The maximum Gasteiger partial charge on any atom is 0.305 e. The number of methoxy groups -OCH3 is 1. The molecule has 0 atom stereocenters. The number of carbonyl (C=O) groups is 1. The maximum absolute atomic E-state index is 11.0. The van der Waals surface area contributed by atoms with Crippen molar-refractivity contribution in [2.45, 2.75) is 38.6 Å². The van der Waals surface area contributed by atoms with E-state index in [-0.39, 0.29) is 5.97 Å². The first-order chi connectivity index (χ1) is 11.5. The smallest absolute Gasteiger partial charge is 0.305 e. The van der Waals surface area contributed by atoms with Gasteiger partial charge in [0.2, 0.25) is 0 Å². The SMILES string of the molecule is CN=C(NCCCCCCC(=O)OC)N(C)Cc1cc(Cl)cn1C. The van der Waals surface area contributed by atoms with Gasteiger partial charge in [0.1, 0.15) is 0 Å². The van der Waals surface area contributed by atoms with Gasteiger partial charge in [0.25, 0.3) is 0 Å². The molecule has 0 fully saturated rings. The number of esters is 1. The number of nitrogens with one attached hydrogen (secondary N) is 1. The van der Waals surface area contributed by atoms with Crippen molar-refractivity contribution >= 4 is 23.5 Å². The van der Waals surface area contributed by atoms with Crippen LogP contribution in [0, 0.1) is 0 Å². The minimum absolute atomic E-state index is 0.129. The first kappa shape index (κ1) is 20.4. The first-order valence-corrected chi connectivity index (χ1v) is 8.65. The van der Waals surface area contributed by atoms with Crippen LogP contribution in [0.5, 0.6) is 0 Å². The van der Waals surface area contributed by atoms with Gasteiger partial charge in [-0.25, -0.2) is 0 Å². The molecular formula is C17H29ClN4O2. The van der Waals surface area contributed by atoms with Crippen LogP contribution in [0.2, 0.25) is 5.02 Å². The van der Waals surface area contributed by atoms with Crippen molar-refractivity contribution in [1.82, 2.24) is 14.8 Å². The van der Waals surface area contributed by atoms with Crippen molar-refractivity contribution in [2.24, 2.45) is 12.0 Å². The Labute approximate surface area is 149 Å². The molecule has 0 aromatic carbocycles. The molecule has 1 aromatic heterocycles. The minimum atomic E-state index is -0.129. The van der Waals surface area contributed by atoms with Crippen molar-refractivity contribution in [3.63, 3.8) is 0 Å². The number of guanidine groups is 1. The Morgan fingerprint density at radius 1 is 1.38 bits per heavy atom. The third kappa shape index (κ3) is 7.25. The fraction of sp³-hybridized carbons (Fsp3) is 0.647. The van der Waals surface area contributed by atoms with E-state index in [1.165, 1.54) is 7.11 Å². The largest absolute Gasteiger partial charge is 0.469 e. The van der Waals surface area contributed by atoms with Gasteiger partial charge in [-0.1, -0.05) is 24.4 Å². The topological polar surface area (TPSA) is 58.9 Å². The Bertz CT molecular complexity index is 543. The highest BCUT2D eigenvalue weighted by Crippen LogP contribution is 2.14. The number of unbranched alkanes of at least 4 members (excludes halogenated alkanes) is 3. The minimum Gasteiger partial charge on any atom is -0.469 e. The van der Waals surface area contributed by atoms with Gasteiger partial charge in [0.15, 0.2) is 5.96 Å². The van der Waals surface area contributed by atoms with Gasteiger partial charge in [0, 0.05) is 46.0 Å². The molecule has 1 N–H and O–H groups in total. The highest BCUT2D eigenvalue weighted by atomic mass is 35.5. The van der Waals surface area contributed by atoms with E-state index in [2.05, 4.69) is 19.9 Å². The first-order valence-electron chi connectivity index (χ1n) is 8.27. The fourth-order valence-electron chi connectivity index (χ4n) is 2.48. The average Bonchev–Trinajstić information content (AvgIpc) is 2.87. The third-order valence-electron chi connectivity index (χ3n) is 3.87. The second-order valence-electron chi connectivity index (χ2n) is 5.83. The Balaban J connectivity index is 2.24. The molecule has 1 heterocycles. The molecule has 136 valence electrons. The summed E-state index contributed by atoms with van der Waals surface area (Å²) in [6, 6.07) is 1.96. The molecule has 6 nitrogen and oxygen atoms in total. The summed E-state index contributed by atoms with van der Waals surface area (Å²) >= 11 is 6.02. The van der Waals surface area contributed by atoms with Crippen LogP contribution in [-0.2, 0) is 23.1 Å². The zero-order valence-electron chi connectivity index (χ0n) is 15.1. The van der Waals surface area contributed by atoms with Crippen molar-refractivity contribution in [3.05, 3.63) is 23.0 Å². The molecule has 0 aliphatic heterocycles. The van der Waals surface area contributed by atoms with Gasteiger partial charge < -0.3 is 19.5 Å². The number of ether oxygens (including phenoxy) is 1. The summed E-state index contributed by atoms with van der Waals surface area (Å²) in [5.41, 5.74) is 1.13. The van der Waals surface area contributed by atoms with Crippen molar-refractivity contribution < 1.29 is 9.53 Å². The lowest BCUT2D eigenvalue weighted by Gasteiger charge is -2.22. The Morgan fingerprint density at radius 2 is 2.08 bits per heavy atom. The lowest BCUT2D eigenvalue weighted by atomic mass is 10.1. The van der Waals surface area contributed by atoms with Crippen LogP contribution in [0.1, 0.15) is 37.8 Å². The lowest BCUT2D eigenvalue weighted by molar-refractivity contribution is -0.140. The molecular weight excluding hydrogens is 328 g/mol. The molecule has 0 aliphatic carbocycles. The molecule has 0 spiro atoms. The zero-order valence-corrected chi connectivity index (χ0v) is 15.9. The summed E-state index contributed by atoms with van der Waals surface area (Å²) in [6.45, 7) is 1.60. The van der Waals surface area contributed by atoms with E-state index >= 15 is 0 Å². The van der Waals surface area contributed by atoms with E-state index in [1.54, 1.807) is 7.05 Å². The number of hydrogen-bond acceptors (Lipinski definition) is 3. The van der Waals surface area contributed by atoms with Crippen LogP contribution in [-0.4, -0.2) is 49.1 Å². The number of rotatable bonds is 9. The molecule has 0 unspecified atom stereocenters. The predicted molar refractivity (Wildman–Crippen MR) is 98.4 cm³/mol. The van der Waals surface area contributed by atoms with Crippen molar-refractivity contribution in [3.8, 4) is 0 Å². The number of aryl methyl sites for hydroxylation is 1. The highest BCUT2D eigenvalue weighted by Gasteiger charge is 2.09. The number of nitrogens with zero attached hydrogens (tertiary/aromatic N) is 3. The summed E-state index contributed by atoms with van der Waals surface area (Å²) in [4.78, 5) is 17.4. The second kappa shape index (κ2) is 11.0. The normalized spacial score (nSPS) is 11.5. The van der Waals surface area contributed by atoms with Crippen LogP contribution in [0.3, 0.4) is 0 Å². The van der Waals surface area contributed by atoms with Crippen LogP contribution in [0.4, 0.5) is 0 Å². The molecule has 0 saturated carbocycles. The van der Waals surface area contributed by atoms with Gasteiger partial charge in [-0.05, 0) is 18.9 Å². The van der Waals surface area contributed by atoms with Gasteiger partial charge in [-0.2, -0.15) is 0 Å². The van der Waals surface area contributed by atoms with E-state index in [1.807, 2.05) is 30.9 Å². The molecule has 0 amide bonds. The standard InChI is InChI=1S/C17H29ClN4O2/c1-19-17(20-10-8-6-5-7-9-16(23)24-4)22(3)13-15-11-14(18)12-21(15)2/h11-12H,5-10,13H2,1-4H3,(H,19,20). The molecule has 0 bridgehead atoms.